The van der Waals surface area contributed by atoms with Crippen molar-refractivity contribution in [2.24, 2.45) is 11.7 Å². The van der Waals surface area contributed by atoms with Crippen LogP contribution in [0.5, 0.6) is 0 Å². The van der Waals surface area contributed by atoms with Crippen LogP contribution >= 0.6 is 0 Å². The molecule has 0 saturated heterocycles. The summed E-state index contributed by atoms with van der Waals surface area (Å²) in [5, 5.41) is 21.8. The predicted octanol–water partition coefficient (Wildman–Crippen LogP) is 5.62. The lowest BCUT2D eigenvalue weighted by molar-refractivity contribution is 0.273. The maximum absolute atomic E-state index is 15.0. The molecule has 0 radical (unpaired) electrons. The van der Waals surface area contributed by atoms with E-state index in [1.54, 1.807) is 0 Å². The Labute approximate surface area is 215 Å². The van der Waals surface area contributed by atoms with Crippen molar-refractivity contribution < 1.29 is 14.0 Å². The second-order valence-electron chi connectivity index (χ2n) is 9.08. The molecule has 3 atom stereocenters. The maximum atomic E-state index is 15.0. The average Bonchev–Trinajstić information content (AvgIpc) is 2.88. The fraction of sp³-hybridized carbons (Fsp3) is 0.286. The monoisotopic (exact) mass is 504 g/mol. The van der Waals surface area contributed by atoms with Crippen molar-refractivity contribution in [1.82, 2.24) is 4.98 Å². The summed E-state index contributed by atoms with van der Waals surface area (Å²) in [4.78, 5) is 3.58. The third kappa shape index (κ3) is 6.42. The Bertz CT molecular complexity index is 1320. The fourth-order valence-electron chi connectivity index (χ4n) is 4.43. The summed E-state index contributed by atoms with van der Waals surface area (Å²) >= 11 is 0. The number of pyridine rings is 1. The smallest absolute Gasteiger partial charge is 0.214 e. The first-order chi connectivity index (χ1) is 17.9. The van der Waals surface area contributed by atoms with Gasteiger partial charge in [-0.1, -0.05) is 48.9 Å². The van der Waals surface area contributed by atoms with Gasteiger partial charge in [0.1, 0.15) is 11.5 Å². The fourth-order valence-corrected chi connectivity index (χ4v) is 4.43. The normalized spacial score (nSPS) is 17.8. The molecule has 192 valence electrons. The molecule has 2 aromatic carbocycles. The second kappa shape index (κ2) is 11.8. The standard InChI is InChI=1S/C28H30F2N6O/c1-18(22-9-4-2-7-19(22)13-14-20-8-3-5-10-24(20)32)33-25-16-23(29)26(15-21(25)17-31)36(37)35-28-12-6-11-27(30)34-28/h2,4,6-7,9,11-12,15-18,20,24,31,33,37H,3,5,8,10,32H2,1H3,(H,34,35)/t18-,20+,24+/m1/s1. The molecule has 3 aromatic rings. The summed E-state index contributed by atoms with van der Waals surface area (Å²) in [6.07, 6.45) is 5.34. The number of anilines is 3. The molecule has 6 N–H and O–H groups in total. The van der Waals surface area contributed by atoms with Gasteiger partial charge in [-0.15, -0.1) is 0 Å². The van der Waals surface area contributed by atoms with Crippen molar-refractivity contribution in [3.8, 4) is 11.8 Å². The van der Waals surface area contributed by atoms with Gasteiger partial charge < -0.3 is 16.5 Å². The minimum absolute atomic E-state index is 0.0129. The van der Waals surface area contributed by atoms with E-state index in [-0.39, 0.29) is 29.5 Å². The summed E-state index contributed by atoms with van der Waals surface area (Å²) in [6, 6.07) is 14.1. The minimum Gasteiger partial charge on any atom is -0.378 e. The molecule has 1 fully saturated rings. The first-order valence-corrected chi connectivity index (χ1v) is 12.2. The van der Waals surface area contributed by atoms with Crippen LogP contribution in [0.1, 0.15) is 55.3 Å². The van der Waals surface area contributed by atoms with Crippen LogP contribution < -0.4 is 21.6 Å². The van der Waals surface area contributed by atoms with E-state index in [9.17, 15) is 9.60 Å². The average molecular weight is 505 g/mol. The zero-order chi connectivity index (χ0) is 26.4. The van der Waals surface area contributed by atoms with Gasteiger partial charge in [-0.3, -0.25) is 10.6 Å². The lowest BCUT2D eigenvalue weighted by atomic mass is 9.85. The number of nitrogens with two attached hydrogens (primary N) is 1. The van der Waals surface area contributed by atoms with Gasteiger partial charge in [-0.2, -0.15) is 9.56 Å². The Kier molecular flexibility index (Phi) is 8.33. The third-order valence-corrected chi connectivity index (χ3v) is 6.45. The maximum Gasteiger partial charge on any atom is 0.214 e. The van der Waals surface area contributed by atoms with Crippen LogP contribution in [0, 0.1) is 34.9 Å². The zero-order valence-corrected chi connectivity index (χ0v) is 20.5. The van der Waals surface area contributed by atoms with Gasteiger partial charge in [0.25, 0.3) is 0 Å². The Balaban J connectivity index is 1.54. The highest BCUT2D eigenvalue weighted by atomic mass is 19.1. The molecule has 0 unspecified atom stereocenters. The summed E-state index contributed by atoms with van der Waals surface area (Å²) in [6.45, 7) is 1.93. The Morgan fingerprint density at radius 2 is 1.95 bits per heavy atom. The number of nitrogens with zero attached hydrogens (tertiary/aromatic N) is 2. The lowest BCUT2D eigenvalue weighted by Crippen LogP contribution is -2.32. The third-order valence-electron chi connectivity index (χ3n) is 6.45. The van der Waals surface area contributed by atoms with Crippen molar-refractivity contribution in [2.75, 3.05) is 15.9 Å². The van der Waals surface area contributed by atoms with Crippen LogP contribution in [0.25, 0.3) is 0 Å². The molecule has 9 heteroatoms. The molecule has 4 rings (SSSR count). The largest absolute Gasteiger partial charge is 0.378 e. The highest BCUT2D eigenvalue weighted by molar-refractivity contribution is 5.88. The topological polar surface area (TPSA) is 110 Å². The van der Waals surface area contributed by atoms with Crippen LogP contribution in [0.4, 0.5) is 26.0 Å². The number of hydrazine groups is 1. The number of aromatic nitrogens is 1. The zero-order valence-electron chi connectivity index (χ0n) is 20.5. The van der Waals surface area contributed by atoms with Gasteiger partial charge in [0.15, 0.2) is 5.82 Å². The highest BCUT2D eigenvalue weighted by Crippen LogP contribution is 2.30. The van der Waals surface area contributed by atoms with Crippen LogP contribution in [0.2, 0.25) is 0 Å². The molecule has 7 nitrogen and oxygen atoms in total. The van der Waals surface area contributed by atoms with E-state index in [0.29, 0.717) is 16.4 Å². The van der Waals surface area contributed by atoms with Crippen LogP contribution in [-0.2, 0) is 0 Å². The van der Waals surface area contributed by atoms with E-state index in [0.717, 1.165) is 49.1 Å². The Hall–Kier alpha value is -4.00. The molecule has 1 aromatic heterocycles. The quantitative estimate of drug-likeness (QED) is 0.124. The summed E-state index contributed by atoms with van der Waals surface area (Å²) in [5.41, 5.74) is 10.9. The molecule has 0 bridgehead atoms. The van der Waals surface area contributed by atoms with E-state index >= 15 is 4.39 Å². The number of rotatable bonds is 7. The first-order valence-electron chi connectivity index (χ1n) is 12.2. The highest BCUT2D eigenvalue weighted by Gasteiger charge is 2.20. The summed E-state index contributed by atoms with van der Waals surface area (Å²) in [7, 11) is 0. The van der Waals surface area contributed by atoms with E-state index in [1.165, 1.54) is 24.3 Å². The molecule has 1 aliphatic rings. The van der Waals surface area contributed by atoms with Crippen LogP contribution in [-0.4, -0.2) is 22.4 Å². The van der Waals surface area contributed by atoms with E-state index in [2.05, 4.69) is 27.6 Å². The van der Waals surface area contributed by atoms with Crippen molar-refractivity contribution >= 4 is 23.4 Å². The molecule has 1 heterocycles. The van der Waals surface area contributed by atoms with Crippen molar-refractivity contribution in [2.45, 2.75) is 44.7 Å². The molecule has 1 aliphatic carbocycles. The Morgan fingerprint density at radius 1 is 1.16 bits per heavy atom. The van der Waals surface area contributed by atoms with Crippen molar-refractivity contribution in [3.05, 3.63) is 83.1 Å². The molecular weight excluding hydrogens is 474 g/mol. The van der Waals surface area contributed by atoms with Crippen LogP contribution in [0.15, 0.2) is 54.6 Å². The molecule has 37 heavy (non-hydrogen) atoms. The Morgan fingerprint density at radius 3 is 2.70 bits per heavy atom. The molecule has 0 amide bonds. The molecule has 0 spiro atoms. The first kappa shape index (κ1) is 26.1. The van der Waals surface area contributed by atoms with Gasteiger partial charge in [0.05, 0.1) is 0 Å². The second-order valence-corrected chi connectivity index (χ2v) is 9.08. The van der Waals surface area contributed by atoms with Gasteiger partial charge >= 0.3 is 0 Å². The minimum atomic E-state index is -0.758. The van der Waals surface area contributed by atoms with E-state index in [4.69, 9.17) is 11.1 Å². The van der Waals surface area contributed by atoms with Crippen molar-refractivity contribution in [1.29, 1.82) is 5.41 Å². The number of nitrogens with one attached hydrogen (secondary N) is 3. The van der Waals surface area contributed by atoms with Crippen molar-refractivity contribution in [3.63, 3.8) is 0 Å². The van der Waals surface area contributed by atoms with E-state index in [1.807, 2.05) is 31.2 Å². The predicted molar refractivity (Wildman–Crippen MR) is 142 cm³/mol. The number of hydrogen-bond donors (Lipinski definition) is 5. The SMILES string of the molecule is C[C@@H](Nc1cc(F)c(N(O)Nc2cccc(F)n2)cc1C=N)c1ccccc1C#C[C@@H]1CCCC[C@@H]1N. The molecule has 1 saturated carbocycles. The number of hydrogen-bond acceptors (Lipinski definition) is 7. The van der Waals surface area contributed by atoms with Gasteiger partial charge in [-0.05, 0) is 55.7 Å². The van der Waals surface area contributed by atoms with Gasteiger partial charge in [-0.25, -0.2) is 9.37 Å². The number of halogens is 2. The summed E-state index contributed by atoms with van der Waals surface area (Å²) in [5.74, 6) is 5.31. The lowest BCUT2D eigenvalue weighted by Gasteiger charge is -2.24. The van der Waals surface area contributed by atoms with E-state index < -0.39 is 11.8 Å². The van der Waals surface area contributed by atoms with Gasteiger partial charge in [0, 0.05) is 41.0 Å². The summed E-state index contributed by atoms with van der Waals surface area (Å²) < 4.78 is 28.4. The van der Waals surface area contributed by atoms with Gasteiger partial charge in [0.2, 0.25) is 5.95 Å². The van der Waals surface area contributed by atoms with Crippen LogP contribution in [0.3, 0.4) is 0 Å². The molecule has 0 aliphatic heterocycles. The molecular formula is C28H30F2N6O. The number of benzene rings is 2.